The average molecular weight is 387 g/mol. The summed E-state index contributed by atoms with van der Waals surface area (Å²) in [5, 5.41) is 4.25. The molecular weight excluding hydrogens is 364 g/mol. The number of hydrogen-bond donors (Lipinski definition) is 0. The van der Waals surface area contributed by atoms with Crippen molar-refractivity contribution in [3.8, 4) is 16.9 Å². The zero-order valence-electron chi connectivity index (χ0n) is 14.7. The number of halogens is 1. The standard InChI is InChI=1S/C22H23ClO2S/c23-11-4-12-24-13-9-18-7-8-22(21(15-18)20-10-14-26-17-20)25-16-19-5-2-1-3-6-19/h1-3,5-8,10,14-15,17H,4,9,11-13,16H2. The molecule has 1 heterocycles. The second-order valence-electron chi connectivity index (χ2n) is 6.02. The second-order valence-corrected chi connectivity index (χ2v) is 7.18. The maximum absolute atomic E-state index is 6.12. The van der Waals surface area contributed by atoms with Crippen LogP contribution in [0.5, 0.6) is 5.75 Å². The molecule has 0 bridgehead atoms. The van der Waals surface area contributed by atoms with Crippen LogP contribution in [0.3, 0.4) is 0 Å². The van der Waals surface area contributed by atoms with E-state index in [1.54, 1.807) is 11.3 Å². The number of ether oxygens (including phenoxy) is 2. The highest BCUT2D eigenvalue weighted by atomic mass is 35.5. The average Bonchev–Trinajstić information content (AvgIpc) is 3.22. The van der Waals surface area contributed by atoms with E-state index in [1.807, 2.05) is 18.2 Å². The van der Waals surface area contributed by atoms with Crippen molar-refractivity contribution in [3.63, 3.8) is 0 Å². The molecule has 0 aliphatic carbocycles. The molecule has 2 aromatic carbocycles. The van der Waals surface area contributed by atoms with Gasteiger partial charge in [0.05, 0.1) is 6.61 Å². The molecule has 0 fully saturated rings. The van der Waals surface area contributed by atoms with Crippen LogP contribution in [0.2, 0.25) is 0 Å². The van der Waals surface area contributed by atoms with Crippen molar-refractivity contribution in [3.05, 3.63) is 76.5 Å². The van der Waals surface area contributed by atoms with E-state index in [0.717, 1.165) is 30.8 Å². The maximum Gasteiger partial charge on any atom is 0.127 e. The molecule has 0 atom stereocenters. The van der Waals surface area contributed by atoms with E-state index in [0.29, 0.717) is 19.1 Å². The summed E-state index contributed by atoms with van der Waals surface area (Å²) in [4.78, 5) is 0. The van der Waals surface area contributed by atoms with E-state index in [2.05, 4.69) is 47.2 Å². The van der Waals surface area contributed by atoms with Gasteiger partial charge in [-0.25, -0.2) is 0 Å². The zero-order chi connectivity index (χ0) is 18.0. The molecule has 0 saturated carbocycles. The van der Waals surface area contributed by atoms with Gasteiger partial charge < -0.3 is 9.47 Å². The molecule has 136 valence electrons. The van der Waals surface area contributed by atoms with E-state index in [4.69, 9.17) is 21.1 Å². The molecule has 3 aromatic rings. The fourth-order valence-corrected chi connectivity index (χ4v) is 3.45. The highest BCUT2D eigenvalue weighted by Crippen LogP contribution is 2.33. The Morgan fingerprint density at radius 2 is 1.81 bits per heavy atom. The monoisotopic (exact) mass is 386 g/mol. The lowest BCUT2D eigenvalue weighted by atomic mass is 10.0. The first kappa shape index (κ1) is 19.0. The van der Waals surface area contributed by atoms with Gasteiger partial charge in [0.25, 0.3) is 0 Å². The van der Waals surface area contributed by atoms with Crippen LogP contribution in [0.1, 0.15) is 17.5 Å². The largest absolute Gasteiger partial charge is 0.488 e. The zero-order valence-corrected chi connectivity index (χ0v) is 16.3. The Labute approximate surface area is 164 Å². The Balaban J connectivity index is 1.70. The van der Waals surface area contributed by atoms with E-state index >= 15 is 0 Å². The van der Waals surface area contributed by atoms with Gasteiger partial charge in [-0.1, -0.05) is 36.4 Å². The van der Waals surface area contributed by atoms with Gasteiger partial charge in [-0.15, -0.1) is 11.6 Å². The first-order valence-electron chi connectivity index (χ1n) is 8.83. The van der Waals surface area contributed by atoms with Gasteiger partial charge in [0.15, 0.2) is 0 Å². The molecule has 0 aliphatic rings. The molecule has 2 nitrogen and oxygen atoms in total. The summed E-state index contributed by atoms with van der Waals surface area (Å²) < 4.78 is 11.7. The van der Waals surface area contributed by atoms with Crippen molar-refractivity contribution in [2.75, 3.05) is 19.1 Å². The van der Waals surface area contributed by atoms with Gasteiger partial charge in [-0.3, -0.25) is 0 Å². The van der Waals surface area contributed by atoms with E-state index in [9.17, 15) is 0 Å². The number of benzene rings is 2. The minimum Gasteiger partial charge on any atom is -0.488 e. The quantitative estimate of drug-likeness (QED) is 0.306. The van der Waals surface area contributed by atoms with Gasteiger partial charge in [0.1, 0.15) is 12.4 Å². The highest BCUT2D eigenvalue weighted by molar-refractivity contribution is 7.08. The summed E-state index contributed by atoms with van der Waals surface area (Å²) in [5.41, 5.74) is 4.76. The molecule has 0 aliphatic heterocycles. The molecule has 1 aromatic heterocycles. The summed E-state index contributed by atoms with van der Waals surface area (Å²) in [6.45, 7) is 2.00. The second kappa shape index (κ2) is 10.4. The maximum atomic E-state index is 6.12. The number of alkyl halides is 1. The molecular formula is C22H23ClO2S. The first-order chi connectivity index (χ1) is 12.9. The van der Waals surface area contributed by atoms with Gasteiger partial charge in [0.2, 0.25) is 0 Å². The lowest BCUT2D eigenvalue weighted by Crippen LogP contribution is -2.02. The summed E-state index contributed by atoms with van der Waals surface area (Å²) in [7, 11) is 0. The SMILES string of the molecule is ClCCCOCCc1ccc(OCc2ccccc2)c(-c2ccsc2)c1. The smallest absolute Gasteiger partial charge is 0.127 e. The third-order valence-corrected chi connectivity index (χ3v) is 5.02. The van der Waals surface area contributed by atoms with Crippen LogP contribution < -0.4 is 4.74 Å². The summed E-state index contributed by atoms with van der Waals surface area (Å²) in [5.74, 6) is 1.56. The lowest BCUT2D eigenvalue weighted by molar-refractivity contribution is 0.138. The van der Waals surface area contributed by atoms with Crippen molar-refractivity contribution in [2.24, 2.45) is 0 Å². The number of rotatable bonds is 10. The summed E-state index contributed by atoms with van der Waals surface area (Å²) >= 11 is 7.37. The molecule has 3 rings (SSSR count). The molecule has 0 amide bonds. The molecule has 0 saturated heterocycles. The van der Waals surface area contributed by atoms with Gasteiger partial charge in [-0.05, 0) is 58.5 Å². The van der Waals surface area contributed by atoms with Gasteiger partial charge in [-0.2, -0.15) is 11.3 Å². The van der Waals surface area contributed by atoms with Crippen LogP contribution in [-0.4, -0.2) is 19.1 Å². The fourth-order valence-electron chi connectivity index (χ4n) is 2.69. The predicted octanol–water partition coefficient (Wildman–Crippen LogP) is 6.18. The highest BCUT2D eigenvalue weighted by Gasteiger charge is 2.09. The van der Waals surface area contributed by atoms with E-state index in [1.165, 1.54) is 16.7 Å². The van der Waals surface area contributed by atoms with Crippen molar-refractivity contribution in [2.45, 2.75) is 19.4 Å². The van der Waals surface area contributed by atoms with Crippen LogP contribution in [0.4, 0.5) is 0 Å². The van der Waals surface area contributed by atoms with Crippen LogP contribution in [-0.2, 0) is 17.8 Å². The van der Waals surface area contributed by atoms with Crippen molar-refractivity contribution < 1.29 is 9.47 Å². The third kappa shape index (κ3) is 5.60. The van der Waals surface area contributed by atoms with Crippen molar-refractivity contribution in [1.82, 2.24) is 0 Å². The Morgan fingerprint density at radius 1 is 0.923 bits per heavy atom. The van der Waals surface area contributed by atoms with Crippen molar-refractivity contribution >= 4 is 22.9 Å². The van der Waals surface area contributed by atoms with Gasteiger partial charge >= 0.3 is 0 Å². The minimum atomic E-state index is 0.568. The van der Waals surface area contributed by atoms with Crippen LogP contribution in [0, 0.1) is 0 Å². The number of hydrogen-bond acceptors (Lipinski definition) is 3. The van der Waals surface area contributed by atoms with Crippen molar-refractivity contribution in [1.29, 1.82) is 0 Å². The van der Waals surface area contributed by atoms with E-state index in [-0.39, 0.29) is 0 Å². The van der Waals surface area contributed by atoms with E-state index < -0.39 is 0 Å². The Morgan fingerprint density at radius 3 is 2.58 bits per heavy atom. The summed E-state index contributed by atoms with van der Waals surface area (Å²) in [6, 6.07) is 18.8. The molecule has 4 heteroatoms. The van der Waals surface area contributed by atoms with Crippen LogP contribution in [0.25, 0.3) is 11.1 Å². The topological polar surface area (TPSA) is 18.5 Å². The Kier molecular flexibility index (Phi) is 7.56. The molecule has 0 unspecified atom stereocenters. The molecule has 0 N–H and O–H groups in total. The summed E-state index contributed by atoms with van der Waals surface area (Å²) in [6.07, 6.45) is 1.78. The Hall–Kier alpha value is -1.81. The lowest BCUT2D eigenvalue weighted by Gasteiger charge is -2.13. The minimum absolute atomic E-state index is 0.568. The molecule has 0 spiro atoms. The van der Waals surface area contributed by atoms with Crippen LogP contribution >= 0.6 is 22.9 Å². The first-order valence-corrected chi connectivity index (χ1v) is 10.3. The van der Waals surface area contributed by atoms with Crippen LogP contribution in [0.15, 0.2) is 65.4 Å². The predicted molar refractivity (Wildman–Crippen MR) is 110 cm³/mol. The third-order valence-electron chi connectivity index (χ3n) is 4.07. The van der Waals surface area contributed by atoms with Gasteiger partial charge in [0, 0.05) is 18.1 Å². The normalized spacial score (nSPS) is 10.8. The fraction of sp³-hybridized carbons (Fsp3) is 0.273. The molecule has 26 heavy (non-hydrogen) atoms. The molecule has 0 radical (unpaired) electrons. The number of thiophene rings is 1. The Bertz CT molecular complexity index is 772.